The van der Waals surface area contributed by atoms with Crippen LogP contribution in [0.4, 0.5) is 0 Å². The molecular formula is C14H25NO3S. The second kappa shape index (κ2) is 5.67. The SMILES string of the molecule is CCCNC(c1cc(C)oc1C)C(C)(C)S(C)(=O)=O. The molecule has 5 heteroatoms. The van der Waals surface area contributed by atoms with E-state index in [9.17, 15) is 8.42 Å². The van der Waals surface area contributed by atoms with Gasteiger partial charge in [-0.2, -0.15) is 0 Å². The molecule has 0 bridgehead atoms. The third kappa shape index (κ3) is 3.39. The first-order chi connectivity index (χ1) is 8.61. The molecular weight excluding hydrogens is 262 g/mol. The summed E-state index contributed by atoms with van der Waals surface area (Å²) in [6.45, 7) is 10.1. The van der Waals surface area contributed by atoms with Crippen molar-refractivity contribution in [1.82, 2.24) is 5.32 Å². The van der Waals surface area contributed by atoms with Gasteiger partial charge in [-0.25, -0.2) is 8.42 Å². The summed E-state index contributed by atoms with van der Waals surface area (Å²) in [7, 11) is -3.19. The third-order valence-corrected chi connectivity index (χ3v) is 5.79. The molecule has 1 rings (SSSR count). The lowest BCUT2D eigenvalue weighted by molar-refractivity contribution is 0.410. The molecule has 4 nitrogen and oxygen atoms in total. The van der Waals surface area contributed by atoms with Gasteiger partial charge in [0.1, 0.15) is 11.5 Å². The van der Waals surface area contributed by atoms with Crippen molar-refractivity contribution in [2.24, 2.45) is 0 Å². The first-order valence-corrected chi connectivity index (χ1v) is 8.50. The molecule has 1 unspecified atom stereocenters. The van der Waals surface area contributed by atoms with Gasteiger partial charge in [0.15, 0.2) is 9.84 Å². The molecule has 0 amide bonds. The van der Waals surface area contributed by atoms with Crippen molar-refractivity contribution in [1.29, 1.82) is 0 Å². The quantitative estimate of drug-likeness (QED) is 0.874. The van der Waals surface area contributed by atoms with E-state index < -0.39 is 14.6 Å². The van der Waals surface area contributed by atoms with E-state index in [1.54, 1.807) is 13.8 Å². The maximum absolute atomic E-state index is 12.1. The van der Waals surface area contributed by atoms with Gasteiger partial charge in [0.25, 0.3) is 0 Å². The maximum atomic E-state index is 12.1. The molecule has 0 radical (unpaired) electrons. The van der Waals surface area contributed by atoms with Crippen LogP contribution in [0.15, 0.2) is 10.5 Å². The Balaban J connectivity index is 3.26. The lowest BCUT2D eigenvalue weighted by atomic mass is 9.95. The molecule has 1 atom stereocenters. The Bertz CT molecular complexity index is 529. The van der Waals surface area contributed by atoms with Crippen LogP contribution in [-0.4, -0.2) is 26.0 Å². The van der Waals surface area contributed by atoms with Crippen molar-refractivity contribution in [2.75, 3.05) is 12.8 Å². The largest absolute Gasteiger partial charge is 0.466 e. The van der Waals surface area contributed by atoms with Gasteiger partial charge < -0.3 is 9.73 Å². The molecule has 0 spiro atoms. The van der Waals surface area contributed by atoms with Crippen molar-refractivity contribution < 1.29 is 12.8 Å². The van der Waals surface area contributed by atoms with Crippen LogP contribution in [0.25, 0.3) is 0 Å². The molecule has 0 fully saturated rings. The lowest BCUT2D eigenvalue weighted by Crippen LogP contribution is -2.45. The standard InChI is InChI=1S/C14H25NO3S/c1-7-8-15-13(14(4,5)19(6,16)17)12-9-10(2)18-11(12)3/h9,13,15H,7-8H2,1-6H3. The normalized spacial score (nSPS) is 14.6. The van der Waals surface area contributed by atoms with Gasteiger partial charge in [0, 0.05) is 11.8 Å². The molecule has 0 aliphatic rings. The number of nitrogens with one attached hydrogen (secondary N) is 1. The minimum absolute atomic E-state index is 0.264. The van der Waals surface area contributed by atoms with Crippen LogP contribution in [0.1, 0.15) is 50.3 Å². The Hall–Kier alpha value is -0.810. The van der Waals surface area contributed by atoms with Gasteiger partial charge in [-0.3, -0.25) is 0 Å². The van der Waals surface area contributed by atoms with Gasteiger partial charge >= 0.3 is 0 Å². The second-order valence-electron chi connectivity index (χ2n) is 5.63. The summed E-state index contributed by atoms with van der Waals surface area (Å²) in [5.41, 5.74) is 0.932. The van der Waals surface area contributed by atoms with Crippen LogP contribution in [-0.2, 0) is 9.84 Å². The topological polar surface area (TPSA) is 59.3 Å². The van der Waals surface area contributed by atoms with Gasteiger partial charge in [-0.05, 0) is 46.7 Å². The number of hydrogen-bond donors (Lipinski definition) is 1. The summed E-state index contributed by atoms with van der Waals surface area (Å²) in [5.74, 6) is 1.59. The predicted octanol–water partition coefficient (Wildman–Crippen LogP) is 2.76. The molecule has 1 aromatic rings. The van der Waals surface area contributed by atoms with Crippen LogP contribution >= 0.6 is 0 Å². The molecule has 19 heavy (non-hydrogen) atoms. The van der Waals surface area contributed by atoms with Crippen molar-refractivity contribution in [3.63, 3.8) is 0 Å². The van der Waals surface area contributed by atoms with E-state index in [0.29, 0.717) is 0 Å². The summed E-state index contributed by atoms with van der Waals surface area (Å²) >= 11 is 0. The second-order valence-corrected chi connectivity index (χ2v) is 8.23. The molecule has 0 saturated carbocycles. The summed E-state index contributed by atoms with van der Waals surface area (Å²) in [6, 6.07) is 1.66. The fourth-order valence-corrected chi connectivity index (χ4v) is 2.81. The van der Waals surface area contributed by atoms with Crippen LogP contribution in [0.2, 0.25) is 0 Å². The fraction of sp³-hybridized carbons (Fsp3) is 0.714. The van der Waals surface area contributed by atoms with Crippen molar-refractivity contribution in [3.8, 4) is 0 Å². The zero-order valence-corrected chi connectivity index (χ0v) is 13.5. The smallest absolute Gasteiger partial charge is 0.154 e. The Morgan fingerprint density at radius 2 is 1.95 bits per heavy atom. The van der Waals surface area contributed by atoms with E-state index in [0.717, 1.165) is 30.0 Å². The molecule has 1 aromatic heterocycles. The summed E-state index contributed by atoms with van der Waals surface area (Å²) in [6.07, 6.45) is 2.24. The number of rotatable bonds is 6. The van der Waals surface area contributed by atoms with Gasteiger partial charge in [0.05, 0.1) is 10.8 Å². The molecule has 0 aromatic carbocycles. The average Bonchev–Trinajstić information content (AvgIpc) is 2.56. The fourth-order valence-electron chi connectivity index (χ4n) is 2.17. The molecule has 0 aliphatic carbocycles. The number of hydrogen-bond acceptors (Lipinski definition) is 4. The van der Waals surface area contributed by atoms with Crippen LogP contribution in [0.5, 0.6) is 0 Å². The molecule has 1 heterocycles. The van der Waals surface area contributed by atoms with Crippen molar-refractivity contribution in [2.45, 2.75) is 51.8 Å². The number of aryl methyl sites for hydroxylation is 2. The molecule has 0 aliphatic heterocycles. The predicted molar refractivity (Wildman–Crippen MR) is 78.1 cm³/mol. The van der Waals surface area contributed by atoms with Crippen LogP contribution in [0, 0.1) is 13.8 Å². The highest BCUT2D eigenvalue weighted by Gasteiger charge is 2.41. The average molecular weight is 287 g/mol. The number of sulfone groups is 1. The first-order valence-electron chi connectivity index (χ1n) is 6.61. The van der Waals surface area contributed by atoms with Crippen LogP contribution in [0.3, 0.4) is 0 Å². The first kappa shape index (κ1) is 16.2. The highest BCUT2D eigenvalue weighted by Crippen LogP contribution is 2.35. The summed E-state index contributed by atoms with van der Waals surface area (Å²) in [4.78, 5) is 0. The molecule has 0 saturated heterocycles. The Labute approximate surface area is 116 Å². The van der Waals surface area contributed by atoms with E-state index >= 15 is 0 Å². The van der Waals surface area contributed by atoms with E-state index in [2.05, 4.69) is 12.2 Å². The van der Waals surface area contributed by atoms with E-state index in [4.69, 9.17) is 4.42 Å². The van der Waals surface area contributed by atoms with Gasteiger partial charge in [-0.1, -0.05) is 6.92 Å². The highest BCUT2D eigenvalue weighted by atomic mass is 32.2. The maximum Gasteiger partial charge on any atom is 0.154 e. The zero-order chi connectivity index (χ0) is 14.8. The Morgan fingerprint density at radius 3 is 2.32 bits per heavy atom. The van der Waals surface area contributed by atoms with Crippen LogP contribution < -0.4 is 5.32 Å². The van der Waals surface area contributed by atoms with E-state index in [-0.39, 0.29) is 6.04 Å². The van der Waals surface area contributed by atoms with Gasteiger partial charge in [-0.15, -0.1) is 0 Å². The van der Waals surface area contributed by atoms with Crippen molar-refractivity contribution in [3.05, 3.63) is 23.2 Å². The third-order valence-electron chi connectivity index (χ3n) is 3.64. The highest BCUT2D eigenvalue weighted by molar-refractivity contribution is 7.92. The minimum atomic E-state index is -3.19. The molecule has 110 valence electrons. The zero-order valence-electron chi connectivity index (χ0n) is 12.7. The summed E-state index contributed by atoms with van der Waals surface area (Å²) < 4.78 is 28.8. The summed E-state index contributed by atoms with van der Waals surface area (Å²) in [5, 5.41) is 3.35. The minimum Gasteiger partial charge on any atom is -0.466 e. The lowest BCUT2D eigenvalue weighted by Gasteiger charge is -2.33. The monoisotopic (exact) mass is 287 g/mol. The Morgan fingerprint density at radius 1 is 1.37 bits per heavy atom. The Kier molecular flexibility index (Phi) is 4.85. The number of furan rings is 1. The molecule has 1 N–H and O–H groups in total. The van der Waals surface area contributed by atoms with Crippen molar-refractivity contribution >= 4 is 9.84 Å². The van der Waals surface area contributed by atoms with Gasteiger partial charge in [0.2, 0.25) is 0 Å². The van der Waals surface area contributed by atoms with E-state index in [1.165, 1.54) is 6.26 Å². The van der Waals surface area contributed by atoms with E-state index in [1.807, 2.05) is 19.9 Å².